The van der Waals surface area contributed by atoms with Gasteiger partial charge in [0.15, 0.2) is 8.32 Å². The minimum absolute atomic E-state index is 0.0686. The molecule has 0 aliphatic carbocycles. The summed E-state index contributed by atoms with van der Waals surface area (Å²) in [5.41, 5.74) is -0.560. The monoisotopic (exact) mass is 456 g/mol. The van der Waals surface area contributed by atoms with E-state index in [-0.39, 0.29) is 17.1 Å². The van der Waals surface area contributed by atoms with E-state index in [4.69, 9.17) is 13.9 Å². The number of esters is 2. The summed E-state index contributed by atoms with van der Waals surface area (Å²) in [6, 6.07) is 0. The van der Waals surface area contributed by atoms with Crippen LogP contribution in [0, 0.1) is 5.92 Å². The minimum Gasteiger partial charge on any atom is -0.459 e. The zero-order valence-electron chi connectivity index (χ0n) is 21.2. The van der Waals surface area contributed by atoms with E-state index < -0.39 is 32.0 Å². The Bertz CT molecular complexity index is 623. The number of hydrogen-bond donors (Lipinski definition) is 1. The molecule has 3 atom stereocenters. The molecule has 0 bridgehead atoms. The van der Waals surface area contributed by atoms with Gasteiger partial charge in [-0.2, -0.15) is 0 Å². The largest absolute Gasteiger partial charge is 0.459 e. The van der Waals surface area contributed by atoms with E-state index in [0.717, 1.165) is 0 Å². The second kappa shape index (κ2) is 12.6. The average Bonchev–Trinajstić information content (AvgIpc) is 2.54. The van der Waals surface area contributed by atoms with Gasteiger partial charge in [-0.05, 0) is 65.6 Å². The van der Waals surface area contributed by atoms with Gasteiger partial charge >= 0.3 is 11.9 Å². The molecule has 0 aromatic heterocycles. The molecule has 0 saturated heterocycles. The molecule has 0 spiro atoms. The smallest absolute Gasteiger partial charge is 0.330 e. The van der Waals surface area contributed by atoms with Crippen LogP contribution in [-0.4, -0.2) is 49.8 Å². The van der Waals surface area contributed by atoms with Gasteiger partial charge in [0.2, 0.25) is 0 Å². The molecular weight excluding hydrogens is 412 g/mol. The van der Waals surface area contributed by atoms with Gasteiger partial charge in [-0.3, -0.25) is 0 Å². The van der Waals surface area contributed by atoms with Crippen molar-refractivity contribution in [3.05, 3.63) is 24.3 Å². The third-order valence-electron chi connectivity index (χ3n) is 5.06. The van der Waals surface area contributed by atoms with E-state index in [1.54, 1.807) is 19.1 Å². The third-order valence-corrected chi connectivity index (χ3v) is 9.56. The maximum Gasteiger partial charge on any atom is 0.330 e. The molecule has 0 aromatic carbocycles. The summed E-state index contributed by atoms with van der Waals surface area (Å²) in [5.74, 6) is -0.963. The predicted octanol–water partition coefficient (Wildman–Crippen LogP) is 5.17. The minimum atomic E-state index is -1.97. The van der Waals surface area contributed by atoms with Crippen LogP contribution in [0.5, 0.6) is 0 Å². The first-order valence-electron chi connectivity index (χ1n) is 11.0. The molecule has 0 radical (unpaired) electrons. The summed E-state index contributed by atoms with van der Waals surface area (Å²) in [7, 11) is -1.97. The van der Waals surface area contributed by atoms with Crippen LogP contribution in [-0.2, 0) is 23.5 Å². The van der Waals surface area contributed by atoms with Gasteiger partial charge in [-0.25, -0.2) is 9.59 Å². The summed E-state index contributed by atoms with van der Waals surface area (Å²) in [5, 5.41) is 9.33. The Morgan fingerprint density at radius 2 is 1.58 bits per heavy atom. The SMILES string of the molecule is C[C@@H](O)C/C=C/C(=O)O[C@@H](C)C[C@H](/C=C/C(=O)OC(C)(C)C)CO[Si](C)(C)C(C)(C)C. The van der Waals surface area contributed by atoms with Crippen molar-refractivity contribution in [1.29, 1.82) is 0 Å². The van der Waals surface area contributed by atoms with Gasteiger partial charge in [0.05, 0.1) is 12.2 Å². The van der Waals surface area contributed by atoms with Gasteiger partial charge in [0, 0.05) is 24.7 Å². The standard InChI is InChI=1S/C24H44O6Si/c1-18(25)12-11-13-21(26)29-19(2)16-20(14-15-22(27)30-23(3,4)5)17-28-31(9,10)24(6,7)8/h11,13-15,18-20,25H,12,16-17H2,1-10H3/b13-11+,15-14+/t18-,19+,20+/m1/s1. The van der Waals surface area contributed by atoms with Crippen molar-refractivity contribution in [2.45, 2.75) is 104 Å². The molecule has 1 N–H and O–H groups in total. The van der Waals surface area contributed by atoms with Crippen LogP contribution in [0.4, 0.5) is 0 Å². The molecule has 0 aliphatic heterocycles. The van der Waals surface area contributed by atoms with Crippen molar-refractivity contribution in [3.63, 3.8) is 0 Å². The number of ether oxygens (including phenoxy) is 2. The summed E-state index contributed by atoms with van der Waals surface area (Å²) >= 11 is 0. The third kappa shape index (κ3) is 14.3. The maximum absolute atomic E-state index is 12.1. The molecule has 180 valence electrons. The van der Waals surface area contributed by atoms with Gasteiger partial charge in [0.25, 0.3) is 0 Å². The zero-order chi connectivity index (χ0) is 24.5. The van der Waals surface area contributed by atoms with Crippen LogP contribution in [0.15, 0.2) is 24.3 Å². The Hall–Kier alpha value is -1.44. The second-order valence-corrected chi connectivity index (χ2v) is 15.5. The molecule has 6 nitrogen and oxygen atoms in total. The molecule has 0 fully saturated rings. The average molecular weight is 457 g/mol. The maximum atomic E-state index is 12.1. The Kier molecular flexibility index (Phi) is 12.0. The fraction of sp³-hybridized carbons (Fsp3) is 0.750. The number of aliphatic hydroxyl groups excluding tert-OH is 1. The molecular formula is C24H44O6Si. The lowest BCUT2D eigenvalue weighted by atomic mass is 10.0. The molecule has 0 aromatic rings. The fourth-order valence-electron chi connectivity index (χ4n) is 2.36. The van der Waals surface area contributed by atoms with Crippen molar-refractivity contribution < 1.29 is 28.6 Å². The van der Waals surface area contributed by atoms with Gasteiger partial charge in [0.1, 0.15) is 5.60 Å². The zero-order valence-corrected chi connectivity index (χ0v) is 22.2. The highest BCUT2D eigenvalue weighted by Gasteiger charge is 2.37. The van der Waals surface area contributed by atoms with Gasteiger partial charge in [-0.1, -0.05) is 32.9 Å². The van der Waals surface area contributed by atoms with Crippen LogP contribution in [0.25, 0.3) is 0 Å². The van der Waals surface area contributed by atoms with Gasteiger partial charge in [-0.15, -0.1) is 0 Å². The van der Waals surface area contributed by atoms with Gasteiger partial charge < -0.3 is 19.0 Å². The van der Waals surface area contributed by atoms with E-state index in [1.165, 1.54) is 12.2 Å². The molecule has 0 saturated carbocycles. The van der Waals surface area contributed by atoms with Crippen molar-refractivity contribution in [3.8, 4) is 0 Å². The van der Waals surface area contributed by atoms with Crippen molar-refractivity contribution in [2.75, 3.05) is 6.61 Å². The lowest BCUT2D eigenvalue weighted by Crippen LogP contribution is -2.42. The van der Waals surface area contributed by atoms with Crippen molar-refractivity contribution in [1.82, 2.24) is 0 Å². The van der Waals surface area contributed by atoms with E-state index in [0.29, 0.717) is 19.4 Å². The highest BCUT2D eigenvalue weighted by atomic mass is 28.4. The first kappa shape index (κ1) is 29.6. The first-order valence-corrected chi connectivity index (χ1v) is 13.9. The van der Waals surface area contributed by atoms with Crippen LogP contribution < -0.4 is 0 Å². The summed E-state index contributed by atoms with van der Waals surface area (Å²) < 4.78 is 17.1. The van der Waals surface area contributed by atoms with Crippen LogP contribution in [0.1, 0.15) is 68.2 Å². The first-order chi connectivity index (χ1) is 13.9. The number of rotatable bonds is 11. The molecule has 0 rings (SSSR count). The number of aliphatic hydroxyl groups is 1. The summed E-state index contributed by atoms with van der Waals surface area (Å²) in [6.45, 7) is 20.3. The molecule has 0 unspecified atom stereocenters. The Morgan fingerprint density at radius 1 is 1.00 bits per heavy atom. The topological polar surface area (TPSA) is 82.1 Å². The highest BCUT2D eigenvalue weighted by molar-refractivity contribution is 6.74. The number of hydrogen-bond acceptors (Lipinski definition) is 6. The molecule has 0 aliphatic rings. The van der Waals surface area contributed by atoms with Crippen LogP contribution in [0.3, 0.4) is 0 Å². The van der Waals surface area contributed by atoms with Crippen molar-refractivity contribution >= 4 is 20.3 Å². The van der Waals surface area contributed by atoms with E-state index >= 15 is 0 Å². The predicted molar refractivity (Wildman–Crippen MR) is 127 cm³/mol. The fourth-order valence-corrected chi connectivity index (χ4v) is 3.42. The molecule has 0 amide bonds. The molecule has 7 heteroatoms. The number of carbonyl (C=O) groups is 2. The van der Waals surface area contributed by atoms with Crippen molar-refractivity contribution in [2.24, 2.45) is 5.92 Å². The second-order valence-electron chi connectivity index (χ2n) is 10.7. The number of carbonyl (C=O) groups excluding carboxylic acids is 2. The normalized spacial score (nSPS) is 16.4. The van der Waals surface area contributed by atoms with Crippen LogP contribution in [0.2, 0.25) is 18.1 Å². The van der Waals surface area contributed by atoms with E-state index in [1.807, 2.05) is 27.7 Å². The van der Waals surface area contributed by atoms with E-state index in [9.17, 15) is 14.7 Å². The summed E-state index contributed by atoms with van der Waals surface area (Å²) in [4.78, 5) is 24.1. The quantitative estimate of drug-likeness (QED) is 0.262. The highest BCUT2D eigenvalue weighted by Crippen LogP contribution is 2.37. The van der Waals surface area contributed by atoms with Crippen LogP contribution >= 0.6 is 0 Å². The van der Waals surface area contributed by atoms with E-state index in [2.05, 4.69) is 33.9 Å². The summed E-state index contributed by atoms with van der Waals surface area (Å²) in [6.07, 6.45) is 6.20. The Balaban J connectivity index is 5.14. The lowest BCUT2D eigenvalue weighted by molar-refractivity contribution is -0.148. The molecule has 31 heavy (non-hydrogen) atoms. The molecule has 0 heterocycles. The lowest BCUT2D eigenvalue weighted by Gasteiger charge is -2.37. The Morgan fingerprint density at radius 3 is 2.06 bits per heavy atom. The Labute approximate surface area is 190 Å².